The van der Waals surface area contributed by atoms with Crippen molar-refractivity contribution in [3.63, 3.8) is 0 Å². The van der Waals surface area contributed by atoms with Gasteiger partial charge in [0.25, 0.3) is 0 Å². The van der Waals surface area contributed by atoms with Crippen LogP contribution in [-0.4, -0.2) is 26.4 Å². The smallest absolute Gasteiger partial charge is 0.133 e. The Labute approximate surface area is 123 Å². The molecule has 0 aromatic heterocycles. The molecule has 1 saturated heterocycles. The summed E-state index contributed by atoms with van der Waals surface area (Å²) in [5.41, 5.74) is 1.27. The molecule has 3 nitrogen and oxygen atoms in total. The number of hydrogen-bond acceptors (Lipinski definition) is 3. The van der Waals surface area contributed by atoms with Crippen molar-refractivity contribution in [2.24, 2.45) is 5.92 Å². The lowest BCUT2D eigenvalue weighted by atomic mass is 9.93. The van der Waals surface area contributed by atoms with Crippen LogP contribution in [0.25, 0.3) is 0 Å². The van der Waals surface area contributed by atoms with Crippen LogP contribution < -0.4 is 10.1 Å². The Hall–Kier alpha value is -0.580. The molecular weight excluding hydrogens is 306 g/mol. The number of nitrogens with one attached hydrogen (secondary N) is 1. The maximum Gasteiger partial charge on any atom is 0.133 e. The van der Waals surface area contributed by atoms with Crippen LogP contribution in [0.2, 0.25) is 0 Å². The lowest BCUT2D eigenvalue weighted by Gasteiger charge is -2.28. The summed E-state index contributed by atoms with van der Waals surface area (Å²) in [7, 11) is 1.69. The van der Waals surface area contributed by atoms with Crippen molar-refractivity contribution in [1.82, 2.24) is 5.32 Å². The van der Waals surface area contributed by atoms with Crippen LogP contribution in [0.4, 0.5) is 0 Å². The minimum Gasteiger partial charge on any atom is -0.496 e. The van der Waals surface area contributed by atoms with E-state index < -0.39 is 0 Å². The van der Waals surface area contributed by atoms with Gasteiger partial charge >= 0.3 is 0 Å². The summed E-state index contributed by atoms with van der Waals surface area (Å²) in [4.78, 5) is 0. The van der Waals surface area contributed by atoms with E-state index in [1.54, 1.807) is 7.11 Å². The topological polar surface area (TPSA) is 30.5 Å². The fourth-order valence-electron chi connectivity index (χ4n) is 2.48. The minimum atomic E-state index is 0.532. The number of benzene rings is 1. The third kappa shape index (κ3) is 4.20. The van der Waals surface area contributed by atoms with Crippen LogP contribution in [0.1, 0.15) is 25.3 Å². The van der Waals surface area contributed by atoms with Gasteiger partial charge in [-0.2, -0.15) is 0 Å². The van der Waals surface area contributed by atoms with Crippen LogP contribution in [0.3, 0.4) is 0 Å². The second-order valence-corrected chi connectivity index (χ2v) is 5.94. The number of methoxy groups -OCH3 is 1. The Morgan fingerprint density at radius 3 is 2.79 bits per heavy atom. The largest absolute Gasteiger partial charge is 0.496 e. The van der Waals surface area contributed by atoms with Gasteiger partial charge in [0.05, 0.1) is 11.6 Å². The molecule has 0 bridgehead atoms. The van der Waals surface area contributed by atoms with E-state index in [0.29, 0.717) is 6.04 Å². The third-order valence-electron chi connectivity index (χ3n) is 3.82. The van der Waals surface area contributed by atoms with Gasteiger partial charge < -0.3 is 14.8 Å². The van der Waals surface area contributed by atoms with Crippen molar-refractivity contribution in [3.05, 3.63) is 28.2 Å². The second kappa shape index (κ2) is 7.27. The Balaban J connectivity index is 1.85. The van der Waals surface area contributed by atoms with Gasteiger partial charge in [-0.1, -0.05) is 6.07 Å². The molecule has 1 N–H and O–H groups in total. The monoisotopic (exact) mass is 327 g/mol. The number of halogens is 1. The quantitative estimate of drug-likeness (QED) is 0.899. The molecule has 0 amide bonds. The highest BCUT2D eigenvalue weighted by molar-refractivity contribution is 9.10. The molecule has 4 heteroatoms. The van der Waals surface area contributed by atoms with Gasteiger partial charge in [0.1, 0.15) is 5.75 Å². The number of hydrogen-bond donors (Lipinski definition) is 1. The van der Waals surface area contributed by atoms with Crippen LogP contribution in [-0.2, 0) is 11.3 Å². The first-order valence-corrected chi connectivity index (χ1v) is 7.63. The van der Waals surface area contributed by atoms with E-state index in [0.717, 1.165) is 35.9 Å². The van der Waals surface area contributed by atoms with Crippen molar-refractivity contribution < 1.29 is 9.47 Å². The van der Waals surface area contributed by atoms with Gasteiger partial charge in [0.2, 0.25) is 0 Å². The molecule has 106 valence electrons. The van der Waals surface area contributed by atoms with Gasteiger partial charge in [-0.3, -0.25) is 0 Å². The van der Waals surface area contributed by atoms with Crippen LogP contribution in [0, 0.1) is 5.92 Å². The highest BCUT2D eigenvalue weighted by Gasteiger charge is 2.19. The summed E-state index contributed by atoms with van der Waals surface area (Å²) in [5, 5.41) is 3.62. The maximum atomic E-state index is 5.41. The highest BCUT2D eigenvalue weighted by atomic mass is 79.9. The SMILES string of the molecule is COc1ccc(CNC(C)C2CCOCC2)cc1Br. The molecule has 1 aromatic rings. The molecule has 0 spiro atoms. The Morgan fingerprint density at radius 2 is 2.16 bits per heavy atom. The fraction of sp³-hybridized carbons (Fsp3) is 0.600. The molecule has 0 saturated carbocycles. The molecule has 2 rings (SSSR count). The van der Waals surface area contributed by atoms with Gasteiger partial charge in [-0.15, -0.1) is 0 Å². The van der Waals surface area contributed by atoms with Crippen molar-refractivity contribution in [1.29, 1.82) is 0 Å². The van der Waals surface area contributed by atoms with E-state index in [2.05, 4.69) is 40.3 Å². The van der Waals surface area contributed by atoms with Gasteiger partial charge in [-0.25, -0.2) is 0 Å². The first kappa shape index (κ1) is 14.8. The molecule has 1 unspecified atom stereocenters. The predicted molar refractivity (Wildman–Crippen MR) is 80.5 cm³/mol. The van der Waals surface area contributed by atoms with Gasteiger partial charge in [0.15, 0.2) is 0 Å². The van der Waals surface area contributed by atoms with E-state index >= 15 is 0 Å². The van der Waals surface area contributed by atoms with E-state index in [1.807, 2.05) is 6.07 Å². The lowest BCUT2D eigenvalue weighted by Crippen LogP contribution is -2.36. The van der Waals surface area contributed by atoms with E-state index in [9.17, 15) is 0 Å². The molecule has 1 aromatic carbocycles. The summed E-state index contributed by atoms with van der Waals surface area (Å²) in [6.45, 7) is 4.98. The zero-order chi connectivity index (χ0) is 13.7. The highest BCUT2D eigenvalue weighted by Crippen LogP contribution is 2.25. The maximum absolute atomic E-state index is 5.41. The fourth-order valence-corrected chi connectivity index (χ4v) is 3.07. The van der Waals surface area contributed by atoms with Gasteiger partial charge in [-0.05, 0) is 59.3 Å². The molecule has 1 fully saturated rings. The molecule has 1 atom stereocenters. The molecule has 1 aliphatic heterocycles. The average Bonchev–Trinajstić information content (AvgIpc) is 2.46. The van der Waals surface area contributed by atoms with Crippen LogP contribution >= 0.6 is 15.9 Å². The molecule has 1 heterocycles. The zero-order valence-electron chi connectivity index (χ0n) is 11.6. The molecule has 0 radical (unpaired) electrons. The Kier molecular flexibility index (Phi) is 5.67. The van der Waals surface area contributed by atoms with Crippen molar-refractivity contribution in [2.75, 3.05) is 20.3 Å². The standard InChI is InChI=1S/C15H22BrNO2/c1-11(13-5-7-19-8-6-13)17-10-12-3-4-15(18-2)14(16)9-12/h3-4,9,11,13,17H,5-8,10H2,1-2H3. The summed E-state index contributed by atoms with van der Waals surface area (Å²) in [6.07, 6.45) is 2.33. The van der Waals surface area contributed by atoms with Crippen molar-refractivity contribution in [3.8, 4) is 5.75 Å². The lowest BCUT2D eigenvalue weighted by molar-refractivity contribution is 0.0558. The zero-order valence-corrected chi connectivity index (χ0v) is 13.2. The average molecular weight is 328 g/mol. The number of rotatable bonds is 5. The van der Waals surface area contributed by atoms with Crippen molar-refractivity contribution >= 4 is 15.9 Å². The summed E-state index contributed by atoms with van der Waals surface area (Å²) in [5.74, 6) is 1.61. The van der Waals surface area contributed by atoms with Crippen LogP contribution in [0.15, 0.2) is 22.7 Å². The summed E-state index contributed by atoms with van der Waals surface area (Å²) < 4.78 is 11.7. The molecule has 19 heavy (non-hydrogen) atoms. The normalized spacial score (nSPS) is 18.3. The van der Waals surface area contributed by atoms with Gasteiger partial charge in [0, 0.05) is 25.8 Å². The molecule has 1 aliphatic rings. The van der Waals surface area contributed by atoms with Crippen molar-refractivity contribution in [2.45, 2.75) is 32.4 Å². The summed E-state index contributed by atoms with van der Waals surface area (Å²) >= 11 is 3.52. The first-order chi connectivity index (χ1) is 9.20. The van der Waals surface area contributed by atoms with E-state index in [1.165, 1.54) is 18.4 Å². The first-order valence-electron chi connectivity index (χ1n) is 6.84. The minimum absolute atomic E-state index is 0.532. The third-order valence-corrected chi connectivity index (χ3v) is 4.44. The Morgan fingerprint density at radius 1 is 1.42 bits per heavy atom. The molecular formula is C15H22BrNO2. The van der Waals surface area contributed by atoms with E-state index in [4.69, 9.17) is 9.47 Å². The number of ether oxygens (including phenoxy) is 2. The van der Waals surface area contributed by atoms with Crippen LogP contribution in [0.5, 0.6) is 5.75 Å². The second-order valence-electron chi connectivity index (χ2n) is 5.09. The molecule has 0 aliphatic carbocycles. The summed E-state index contributed by atoms with van der Waals surface area (Å²) in [6, 6.07) is 6.75. The predicted octanol–water partition coefficient (Wildman–Crippen LogP) is 3.36. The van der Waals surface area contributed by atoms with E-state index in [-0.39, 0.29) is 0 Å². The Bertz CT molecular complexity index is 405.